The van der Waals surface area contributed by atoms with Gasteiger partial charge in [-0.2, -0.15) is 0 Å². The summed E-state index contributed by atoms with van der Waals surface area (Å²) in [5, 5.41) is 3.02. The van der Waals surface area contributed by atoms with E-state index in [1.54, 1.807) is 50.6 Å². The first-order chi connectivity index (χ1) is 12.0. The van der Waals surface area contributed by atoms with Crippen molar-refractivity contribution in [3.05, 3.63) is 52.5 Å². The van der Waals surface area contributed by atoms with Crippen LogP contribution in [0, 0.1) is 0 Å². The number of nitrogens with one attached hydrogen (secondary N) is 1. The molecule has 0 atom stereocenters. The van der Waals surface area contributed by atoms with E-state index in [4.69, 9.17) is 21.1 Å². The monoisotopic (exact) mass is 360 g/mol. The van der Waals surface area contributed by atoms with Gasteiger partial charge in [-0.3, -0.25) is 9.59 Å². The van der Waals surface area contributed by atoms with Gasteiger partial charge in [-0.25, -0.2) is 0 Å². The van der Waals surface area contributed by atoms with Crippen LogP contribution in [0.2, 0.25) is 5.02 Å². The minimum Gasteiger partial charge on any atom is -0.497 e. The number of carbonyl (C=O) groups is 2. The Morgan fingerprint density at radius 3 is 2.68 bits per heavy atom. The van der Waals surface area contributed by atoms with Crippen molar-refractivity contribution in [3.63, 3.8) is 0 Å². The van der Waals surface area contributed by atoms with Crippen LogP contribution < -0.4 is 14.8 Å². The van der Waals surface area contributed by atoms with Gasteiger partial charge in [0.05, 0.1) is 37.0 Å². The van der Waals surface area contributed by atoms with Crippen molar-refractivity contribution in [2.24, 2.45) is 0 Å². The number of methoxy groups -OCH3 is 2. The number of ether oxygens (including phenoxy) is 2. The van der Waals surface area contributed by atoms with Gasteiger partial charge in [0, 0.05) is 11.6 Å². The molecule has 0 bridgehead atoms. The first kappa shape index (κ1) is 17.1. The first-order valence-corrected chi connectivity index (χ1v) is 8.00. The van der Waals surface area contributed by atoms with E-state index >= 15 is 0 Å². The summed E-state index contributed by atoms with van der Waals surface area (Å²) in [7, 11) is 3.11. The lowest BCUT2D eigenvalue weighted by atomic mass is 10.1. The summed E-state index contributed by atoms with van der Waals surface area (Å²) >= 11 is 6.18. The van der Waals surface area contributed by atoms with Gasteiger partial charge in [0.2, 0.25) is 5.91 Å². The smallest absolute Gasteiger partial charge is 0.258 e. The molecule has 0 fully saturated rings. The molecule has 1 heterocycles. The van der Waals surface area contributed by atoms with Gasteiger partial charge in [0.15, 0.2) is 0 Å². The number of nitrogens with zero attached hydrogens (tertiary/aromatic N) is 1. The number of halogens is 1. The molecule has 0 aliphatic carbocycles. The third-order valence-corrected chi connectivity index (χ3v) is 4.29. The highest BCUT2D eigenvalue weighted by molar-refractivity contribution is 6.35. The Hall–Kier alpha value is -2.73. The summed E-state index contributed by atoms with van der Waals surface area (Å²) in [5.74, 6) is 0.642. The van der Waals surface area contributed by atoms with Crippen LogP contribution in [0.25, 0.3) is 0 Å². The fourth-order valence-electron chi connectivity index (χ4n) is 2.75. The highest BCUT2D eigenvalue weighted by Crippen LogP contribution is 2.30. The van der Waals surface area contributed by atoms with Crippen molar-refractivity contribution in [1.29, 1.82) is 0 Å². The Morgan fingerprint density at radius 2 is 1.96 bits per heavy atom. The summed E-state index contributed by atoms with van der Waals surface area (Å²) in [4.78, 5) is 26.5. The largest absolute Gasteiger partial charge is 0.497 e. The maximum atomic E-state index is 12.9. The molecule has 0 aromatic heterocycles. The number of hydrogen-bond acceptors (Lipinski definition) is 4. The van der Waals surface area contributed by atoms with E-state index in [-0.39, 0.29) is 24.9 Å². The summed E-state index contributed by atoms with van der Waals surface area (Å²) in [6, 6.07) is 10.3. The number of hydrogen-bond donors (Lipinski definition) is 1. The second kappa shape index (κ2) is 7.03. The zero-order valence-electron chi connectivity index (χ0n) is 13.8. The molecule has 1 aliphatic rings. The van der Waals surface area contributed by atoms with Gasteiger partial charge in [-0.05, 0) is 24.3 Å². The van der Waals surface area contributed by atoms with Crippen LogP contribution in [-0.2, 0) is 11.3 Å². The minimum absolute atomic E-state index is 0.0704. The van der Waals surface area contributed by atoms with Gasteiger partial charge in [0.25, 0.3) is 5.91 Å². The molecular formula is C18H17ClN2O4. The van der Waals surface area contributed by atoms with Crippen LogP contribution >= 0.6 is 11.6 Å². The third-order valence-electron chi connectivity index (χ3n) is 3.98. The molecule has 1 N–H and O–H groups in total. The first-order valence-electron chi connectivity index (χ1n) is 7.62. The molecule has 2 aromatic rings. The molecule has 2 amide bonds. The molecule has 0 unspecified atom stereocenters. The zero-order valence-corrected chi connectivity index (χ0v) is 14.6. The summed E-state index contributed by atoms with van der Waals surface area (Å²) < 4.78 is 10.6. The standard InChI is InChI=1S/C18H17ClN2O4/c1-24-12-7-6-11(15(8-12)25-2)9-21-10-16(22)20-14-5-3-4-13(19)17(14)18(21)23/h3-8H,9-10H2,1-2H3,(H,20,22). The molecule has 3 rings (SSSR count). The fraction of sp³-hybridized carbons (Fsp3) is 0.222. The van der Waals surface area contributed by atoms with Crippen LogP contribution in [-0.4, -0.2) is 37.5 Å². The van der Waals surface area contributed by atoms with Crippen molar-refractivity contribution in [1.82, 2.24) is 4.90 Å². The van der Waals surface area contributed by atoms with Gasteiger partial charge in [-0.15, -0.1) is 0 Å². The SMILES string of the molecule is COc1ccc(CN2CC(=O)Nc3cccc(Cl)c3C2=O)c(OC)c1. The van der Waals surface area contributed by atoms with Crippen LogP contribution in [0.4, 0.5) is 5.69 Å². The quantitative estimate of drug-likeness (QED) is 0.910. The maximum absolute atomic E-state index is 12.9. The third kappa shape index (κ3) is 3.39. The average Bonchev–Trinajstić information content (AvgIpc) is 2.72. The van der Waals surface area contributed by atoms with E-state index in [2.05, 4.69) is 5.32 Å². The molecule has 25 heavy (non-hydrogen) atoms. The Kier molecular flexibility index (Phi) is 4.81. The molecule has 0 radical (unpaired) electrons. The van der Waals surface area contributed by atoms with Crippen molar-refractivity contribution in [2.45, 2.75) is 6.54 Å². The molecule has 0 saturated heterocycles. The Morgan fingerprint density at radius 1 is 1.16 bits per heavy atom. The predicted molar refractivity (Wildman–Crippen MR) is 94.4 cm³/mol. The minimum atomic E-state index is -0.308. The predicted octanol–water partition coefficient (Wildman–Crippen LogP) is 2.95. The van der Waals surface area contributed by atoms with Crippen LogP contribution in [0.3, 0.4) is 0 Å². The van der Waals surface area contributed by atoms with E-state index in [0.29, 0.717) is 27.8 Å². The van der Waals surface area contributed by atoms with E-state index in [9.17, 15) is 9.59 Å². The molecule has 6 nitrogen and oxygen atoms in total. The van der Waals surface area contributed by atoms with Crippen LogP contribution in [0.1, 0.15) is 15.9 Å². The Balaban J connectivity index is 1.96. The van der Waals surface area contributed by atoms with Crippen molar-refractivity contribution >= 4 is 29.1 Å². The van der Waals surface area contributed by atoms with Gasteiger partial charge in [0.1, 0.15) is 18.0 Å². The zero-order chi connectivity index (χ0) is 18.0. The fourth-order valence-corrected chi connectivity index (χ4v) is 3.01. The number of anilines is 1. The number of fused-ring (bicyclic) bond motifs is 1. The van der Waals surface area contributed by atoms with E-state index in [0.717, 1.165) is 5.56 Å². The van der Waals surface area contributed by atoms with Crippen molar-refractivity contribution in [2.75, 3.05) is 26.1 Å². The lowest BCUT2D eigenvalue weighted by Gasteiger charge is -2.21. The normalized spacial score (nSPS) is 13.8. The Labute approximate surface area is 150 Å². The van der Waals surface area contributed by atoms with Crippen LogP contribution in [0.5, 0.6) is 11.5 Å². The van der Waals surface area contributed by atoms with E-state index < -0.39 is 0 Å². The molecule has 0 spiro atoms. The number of carbonyl (C=O) groups excluding carboxylic acids is 2. The molecule has 0 saturated carbocycles. The number of rotatable bonds is 4. The highest BCUT2D eigenvalue weighted by atomic mass is 35.5. The average molecular weight is 361 g/mol. The maximum Gasteiger partial charge on any atom is 0.258 e. The van der Waals surface area contributed by atoms with Gasteiger partial charge >= 0.3 is 0 Å². The van der Waals surface area contributed by atoms with E-state index in [1.807, 2.05) is 0 Å². The molecule has 130 valence electrons. The summed E-state index contributed by atoms with van der Waals surface area (Å²) in [5.41, 5.74) is 1.48. The van der Waals surface area contributed by atoms with Crippen molar-refractivity contribution < 1.29 is 19.1 Å². The highest BCUT2D eigenvalue weighted by Gasteiger charge is 2.28. The molecular weight excluding hydrogens is 344 g/mol. The topological polar surface area (TPSA) is 67.9 Å². The second-order valence-electron chi connectivity index (χ2n) is 5.55. The van der Waals surface area contributed by atoms with Gasteiger partial charge in [-0.1, -0.05) is 17.7 Å². The lowest BCUT2D eigenvalue weighted by molar-refractivity contribution is -0.116. The summed E-state index contributed by atoms with van der Waals surface area (Å²) in [6.45, 7) is 0.142. The van der Waals surface area contributed by atoms with Crippen molar-refractivity contribution in [3.8, 4) is 11.5 Å². The van der Waals surface area contributed by atoms with Gasteiger partial charge < -0.3 is 19.7 Å². The number of benzene rings is 2. The summed E-state index contributed by atoms with van der Waals surface area (Å²) in [6.07, 6.45) is 0. The molecule has 7 heteroatoms. The number of amides is 2. The molecule has 2 aromatic carbocycles. The Bertz CT molecular complexity index is 838. The second-order valence-corrected chi connectivity index (χ2v) is 5.96. The van der Waals surface area contributed by atoms with E-state index in [1.165, 1.54) is 4.90 Å². The lowest BCUT2D eigenvalue weighted by Crippen LogP contribution is -2.34. The molecule has 1 aliphatic heterocycles. The van der Waals surface area contributed by atoms with Crippen LogP contribution in [0.15, 0.2) is 36.4 Å².